The van der Waals surface area contributed by atoms with Crippen LogP contribution in [0, 0.1) is 0 Å². The van der Waals surface area contributed by atoms with Gasteiger partial charge in [0.15, 0.2) is 34.5 Å². The molecule has 4 aromatic rings. The van der Waals surface area contributed by atoms with Crippen LogP contribution in [-0.4, -0.2) is 37.3 Å². The summed E-state index contributed by atoms with van der Waals surface area (Å²) >= 11 is 0. The van der Waals surface area contributed by atoms with E-state index in [1.807, 2.05) is 24.3 Å². The van der Waals surface area contributed by atoms with Gasteiger partial charge >= 0.3 is 0 Å². The highest BCUT2D eigenvalue weighted by Crippen LogP contribution is 2.56. The molecule has 7 nitrogen and oxygen atoms in total. The zero-order valence-electron chi connectivity index (χ0n) is 23.2. The van der Waals surface area contributed by atoms with Crippen molar-refractivity contribution in [3.63, 3.8) is 0 Å². The van der Waals surface area contributed by atoms with Crippen molar-refractivity contribution in [3.05, 3.63) is 94.0 Å². The summed E-state index contributed by atoms with van der Waals surface area (Å²) in [7, 11) is 3.87. The third-order valence-corrected chi connectivity index (χ3v) is 8.98. The number of phenols is 1. The predicted molar refractivity (Wildman–Crippen MR) is 155 cm³/mol. The Bertz CT molecular complexity index is 1680. The van der Waals surface area contributed by atoms with Crippen LogP contribution in [0.4, 0.5) is 0 Å². The fraction of sp³-hybridized carbons (Fsp3) is 0.294. The molecular formula is C34H32N2O5. The van der Waals surface area contributed by atoms with Crippen LogP contribution in [0.1, 0.15) is 45.5 Å². The largest absolute Gasteiger partial charge is 0.504 e. The second-order valence-electron chi connectivity index (χ2n) is 11.5. The van der Waals surface area contributed by atoms with E-state index >= 15 is 0 Å². The summed E-state index contributed by atoms with van der Waals surface area (Å²) in [5.41, 5.74) is 7.11. The minimum absolute atomic E-state index is 0.0858. The molecule has 0 saturated heterocycles. The SMILES string of the molecule is COc1cc2c3c4c1Oc1cc5c(cc1O4)[C@H](Cc1ccc(O)c(c1)Oc1ccc(cc1)C[C@@H]3N(C)CC2)NCC5. The number of fused-ring (bicyclic) bond motifs is 2. The molecule has 7 heteroatoms. The Morgan fingerprint density at radius 1 is 0.829 bits per heavy atom. The van der Waals surface area contributed by atoms with Crippen molar-refractivity contribution >= 4 is 0 Å². The minimum Gasteiger partial charge on any atom is -0.504 e. The van der Waals surface area contributed by atoms with Gasteiger partial charge in [-0.1, -0.05) is 18.2 Å². The molecule has 41 heavy (non-hydrogen) atoms. The standard InChI is InChI=1S/C34H32N2O5/c1-36-12-10-22-17-31(38-2)33-34-32(22)26(36)14-19-3-6-23(7-4-19)39-28-15-20(5-8-27(28)37)13-25-24-18-30(41-34)29(40-33)16-21(24)9-11-35-25/h3-8,15-18,25-26,35,37H,9-14H2,1-2H3/t25-,26-/m0/s1. The Morgan fingerprint density at radius 3 is 2.49 bits per heavy atom. The molecule has 4 aromatic carbocycles. The maximum atomic E-state index is 10.6. The van der Waals surface area contributed by atoms with E-state index in [9.17, 15) is 5.11 Å². The van der Waals surface area contributed by atoms with Crippen molar-refractivity contribution in [2.75, 3.05) is 27.2 Å². The first kappa shape index (κ1) is 24.6. The average molecular weight is 549 g/mol. The minimum atomic E-state index is 0.0858. The third kappa shape index (κ3) is 4.11. The lowest BCUT2D eigenvalue weighted by molar-refractivity contribution is 0.220. The summed E-state index contributed by atoms with van der Waals surface area (Å²) in [6.45, 7) is 1.81. The molecule has 0 aliphatic carbocycles. The van der Waals surface area contributed by atoms with Crippen LogP contribution >= 0.6 is 0 Å². The smallest absolute Gasteiger partial charge is 0.212 e. The summed E-state index contributed by atoms with van der Waals surface area (Å²) in [5, 5.41) is 14.3. The molecule has 0 aromatic heterocycles. The molecule has 2 atom stereocenters. The number of benzene rings is 4. The van der Waals surface area contributed by atoms with Gasteiger partial charge in [0.1, 0.15) is 5.75 Å². The van der Waals surface area contributed by atoms with Crippen LogP contribution < -0.4 is 24.3 Å². The molecule has 0 spiro atoms. The summed E-state index contributed by atoms with van der Waals surface area (Å²) in [4.78, 5) is 2.40. The van der Waals surface area contributed by atoms with Crippen LogP contribution in [0.5, 0.6) is 46.0 Å². The second kappa shape index (κ2) is 9.43. The molecule has 0 radical (unpaired) electrons. The Hall–Kier alpha value is -4.20. The lowest BCUT2D eigenvalue weighted by Crippen LogP contribution is -2.34. The Kier molecular flexibility index (Phi) is 5.66. The first-order valence-electron chi connectivity index (χ1n) is 14.3. The highest BCUT2D eigenvalue weighted by molar-refractivity contribution is 5.67. The highest BCUT2D eigenvalue weighted by atomic mass is 16.6. The maximum absolute atomic E-state index is 10.6. The molecule has 5 heterocycles. The van der Waals surface area contributed by atoms with Gasteiger partial charge in [0.25, 0.3) is 0 Å². The zero-order chi connectivity index (χ0) is 27.7. The summed E-state index contributed by atoms with van der Waals surface area (Å²) in [5.74, 6) is 4.85. The Labute approximate surface area is 239 Å². The molecule has 5 aliphatic rings. The Morgan fingerprint density at radius 2 is 1.63 bits per heavy atom. The third-order valence-electron chi connectivity index (χ3n) is 8.98. The van der Waals surface area contributed by atoms with Crippen LogP contribution in [0.2, 0.25) is 0 Å². The van der Waals surface area contributed by atoms with E-state index < -0.39 is 0 Å². The van der Waals surface area contributed by atoms with Crippen LogP contribution in [0.3, 0.4) is 0 Å². The summed E-state index contributed by atoms with van der Waals surface area (Å²) in [6, 6.07) is 20.4. The number of aromatic hydroxyl groups is 1. The topological polar surface area (TPSA) is 72.4 Å². The fourth-order valence-corrected chi connectivity index (χ4v) is 6.79. The maximum Gasteiger partial charge on any atom is 0.212 e. The van der Waals surface area contributed by atoms with Crippen molar-refractivity contribution < 1.29 is 24.1 Å². The number of rotatable bonds is 1. The summed E-state index contributed by atoms with van der Waals surface area (Å²) in [6.07, 6.45) is 3.36. The summed E-state index contributed by atoms with van der Waals surface area (Å²) < 4.78 is 25.5. The quantitative estimate of drug-likeness (QED) is 0.244. The number of hydrogen-bond acceptors (Lipinski definition) is 7. The highest BCUT2D eigenvalue weighted by Gasteiger charge is 2.36. The van der Waals surface area contributed by atoms with E-state index in [-0.39, 0.29) is 17.8 Å². The monoisotopic (exact) mass is 548 g/mol. The molecule has 0 saturated carbocycles. The molecule has 2 N–H and O–H groups in total. The van der Waals surface area contributed by atoms with Crippen LogP contribution in [-0.2, 0) is 25.7 Å². The molecule has 208 valence electrons. The number of phenolic OH excluding ortho intramolecular Hbond substituents is 1. The Balaban J connectivity index is 1.32. The lowest BCUT2D eigenvalue weighted by atomic mass is 9.87. The number of likely N-dealkylation sites (N-methyl/N-ethyl adjacent to an activating group) is 1. The first-order chi connectivity index (χ1) is 20.0. The molecule has 5 aliphatic heterocycles. The first-order valence-corrected chi connectivity index (χ1v) is 14.3. The fourth-order valence-electron chi connectivity index (χ4n) is 6.79. The van der Waals surface area contributed by atoms with Crippen LogP contribution in [0.15, 0.2) is 60.7 Å². The number of hydrogen-bond donors (Lipinski definition) is 2. The van der Waals surface area contributed by atoms with Crippen LogP contribution in [0.25, 0.3) is 0 Å². The number of nitrogens with zero attached hydrogens (tertiary/aromatic N) is 1. The molecule has 0 fully saturated rings. The predicted octanol–water partition coefficient (Wildman–Crippen LogP) is 6.61. The van der Waals surface area contributed by atoms with E-state index in [2.05, 4.69) is 47.6 Å². The average Bonchev–Trinajstić information content (AvgIpc) is 2.98. The van der Waals surface area contributed by atoms with Gasteiger partial charge in [-0.3, -0.25) is 4.90 Å². The van der Waals surface area contributed by atoms with E-state index in [1.54, 1.807) is 13.2 Å². The van der Waals surface area contributed by atoms with Crippen molar-refractivity contribution in [2.45, 2.75) is 37.8 Å². The molecule has 7 bridgehead atoms. The van der Waals surface area contributed by atoms with Crippen molar-refractivity contribution in [2.24, 2.45) is 0 Å². The van der Waals surface area contributed by atoms with Gasteiger partial charge in [0, 0.05) is 24.2 Å². The number of ether oxygens (including phenoxy) is 4. The van der Waals surface area contributed by atoms with Gasteiger partial charge in [0.2, 0.25) is 5.75 Å². The van der Waals surface area contributed by atoms with Gasteiger partial charge in [-0.15, -0.1) is 0 Å². The van der Waals surface area contributed by atoms with Crippen molar-refractivity contribution in [1.29, 1.82) is 0 Å². The second-order valence-corrected chi connectivity index (χ2v) is 11.5. The number of methoxy groups -OCH3 is 1. The van der Waals surface area contributed by atoms with Gasteiger partial charge in [-0.05, 0) is 110 Å². The van der Waals surface area contributed by atoms with E-state index in [1.165, 1.54) is 22.3 Å². The molecular weight excluding hydrogens is 516 g/mol. The van der Waals surface area contributed by atoms with E-state index in [0.29, 0.717) is 23.0 Å². The number of nitrogens with one attached hydrogen (secondary N) is 1. The van der Waals surface area contributed by atoms with Gasteiger partial charge in [-0.25, -0.2) is 0 Å². The van der Waals surface area contributed by atoms with Gasteiger partial charge in [-0.2, -0.15) is 0 Å². The van der Waals surface area contributed by atoms with E-state index in [0.717, 1.165) is 67.1 Å². The normalized spacial score (nSPS) is 20.3. The zero-order valence-corrected chi connectivity index (χ0v) is 23.2. The van der Waals surface area contributed by atoms with Gasteiger partial charge < -0.3 is 29.4 Å². The molecule has 0 unspecified atom stereocenters. The lowest BCUT2D eigenvalue weighted by Gasteiger charge is -2.38. The molecule has 9 rings (SSSR count). The van der Waals surface area contributed by atoms with Crippen molar-refractivity contribution in [3.8, 4) is 46.0 Å². The molecule has 0 amide bonds. The van der Waals surface area contributed by atoms with E-state index in [4.69, 9.17) is 18.9 Å². The van der Waals surface area contributed by atoms with Gasteiger partial charge in [0.05, 0.1) is 7.11 Å². The van der Waals surface area contributed by atoms with Crippen molar-refractivity contribution in [1.82, 2.24) is 10.2 Å².